The van der Waals surface area contributed by atoms with Crippen LogP contribution in [-0.4, -0.2) is 22.8 Å². The molecule has 4 nitrogen and oxygen atoms in total. The maximum absolute atomic E-state index is 11.1. The summed E-state index contributed by atoms with van der Waals surface area (Å²) in [6.45, 7) is 2.81. The number of ether oxygens (including phenoxy) is 1. The minimum Gasteiger partial charge on any atom is -0.504 e. The van der Waals surface area contributed by atoms with Gasteiger partial charge in [0.05, 0.1) is 6.61 Å². The Kier molecular flexibility index (Phi) is 25.9. The van der Waals surface area contributed by atoms with Gasteiger partial charge in [-0.25, -0.2) is 4.79 Å². The Morgan fingerprint density at radius 3 is 1.17 bits per heavy atom. The first-order valence-corrected chi connectivity index (χ1v) is 17.8. The minimum atomic E-state index is -1.14. The summed E-state index contributed by atoms with van der Waals surface area (Å²) in [6, 6.07) is 4.59. The van der Waals surface area contributed by atoms with Crippen LogP contribution >= 0.6 is 0 Å². The number of hydrogen-bond acceptors (Lipinski definition) is 3. The molecule has 0 saturated heterocycles. The van der Waals surface area contributed by atoms with Crippen molar-refractivity contribution in [2.24, 2.45) is 0 Å². The van der Waals surface area contributed by atoms with Crippen molar-refractivity contribution in [3.63, 3.8) is 0 Å². The Morgan fingerprint density at radius 1 is 0.537 bits per heavy atom. The average Bonchev–Trinajstić information content (AvgIpc) is 2.97. The molecular weight excluding hydrogens is 508 g/mol. The fourth-order valence-electron chi connectivity index (χ4n) is 5.76. The molecule has 1 rings (SSSR count). The first-order valence-electron chi connectivity index (χ1n) is 17.8. The number of aromatic carboxylic acids is 1. The van der Waals surface area contributed by atoms with Crippen molar-refractivity contribution in [3.05, 3.63) is 23.8 Å². The number of carboxylic acid groups (broad SMARTS) is 1. The smallest absolute Gasteiger partial charge is 0.339 e. The van der Waals surface area contributed by atoms with E-state index in [1.165, 1.54) is 173 Å². The zero-order chi connectivity index (χ0) is 29.6. The van der Waals surface area contributed by atoms with Gasteiger partial charge in [0, 0.05) is 0 Å². The predicted molar refractivity (Wildman–Crippen MR) is 176 cm³/mol. The summed E-state index contributed by atoms with van der Waals surface area (Å²) in [6.07, 6.45) is 38.9. The molecule has 1 aromatic carbocycles. The van der Waals surface area contributed by atoms with E-state index in [1.54, 1.807) is 12.1 Å². The molecule has 2 N–H and O–H groups in total. The second kappa shape index (κ2) is 28.4. The van der Waals surface area contributed by atoms with E-state index in [-0.39, 0.29) is 17.1 Å². The molecule has 0 aliphatic rings. The molecule has 0 heterocycles. The van der Waals surface area contributed by atoms with Gasteiger partial charge < -0.3 is 14.9 Å². The number of aromatic hydroxyl groups is 1. The van der Waals surface area contributed by atoms with Crippen molar-refractivity contribution in [3.8, 4) is 11.5 Å². The molecule has 0 aliphatic heterocycles. The van der Waals surface area contributed by atoms with Crippen LogP contribution in [0, 0.1) is 0 Å². The third kappa shape index (κ3) is 22.5. The quantitative estimate of drug-likeness (QED) is 0.0865. The highest BCUT2D eigenvalue weighted by molar-refractivity contribution is 5.91. The summed E-state index contributed by atoms with van der Waals surface area (Å²) in [5.41, 5.74) is -0.113. The van der Waals surface area contributed by atoms with Gasteiger partial charge in [-0.15, -0.1) is 0 Å². The fourth-order valence-corrected chi connectivity index (χ4v) is 5.76. The van der Waals surface area contributed by atoms with Crippen LogP contribution in [0.2, 0.25) is 0 Å². The highest BCUT2D eigenvalue weighted by Gasteiger charge is 2.13. The van der Waals surface area contributed by atoms with Crippen molar-refractivity contribution in [1.29, 1.82) is 0 Å². The highest BCUT2D eigenvalue weighted by Crippen LogP contribution is 2.30. The summed E-state index contributed by atoms with van der Waals surface area (Å²) in [5.74, 6) is -1.16. The van der Waals surface area contributed by atoms with Crippen LogP contribution in [0.25, 0.3) is 0 Å². The summed E-state index contributed by atoms with van der Waals surface area (Å²) in [5, 5.41) is 19.0. The van der Waals surface area contributed by atoms with Gasteiger partial charge >= 0.3 is 5.97 Å². The summed E-state index contributed by atoms with van der Waals surface area (Å²) in [7, 11) is 0. The van der Waals surface area contributed by atoms with Crippen LogP contribution in [0.4, 0.5) is 0 Å². The van der Waals surface area contributed by atoms with Crippen molar-refractivity contribution in [2.75, 3.05) is 6.61 Å². The topological polar surface area (TPSA) is 66.8 Å². The maximum Gasteiger partial charge on any atom is 0.339 e. The number of phenols is 1. The van der Waals surface area contributed by atoms with Gasteiger partial charge in [-0.2, -0.15) is 0 Å². The molecule has 0 spiro atoms. The van der Waals surface area contributed by atoms with Gasteiger partial charge in [0.1, 0.15) is 5.56 Å². The van der Waals surface area contributed by atoms with Gasteiger partial charge in [-0.1, -0.05) is 186 Å². The number of para-hydroxylation sites is 1. The van der Waals surface area contributed by atoms with Gasteiger partial charge in [0.2, 0.25) is 0 Å². The second-order valence-electron chi connectivity index (χ2n) is 12.4. The van der Waals surface area contributed by atoms with Crippen LogP contribution in [0.1, 0.15) is 197 Å². The van der Waals surface area contributed by atoms with Crippen LogP contribution < -0.4 is 4.74 Å². The third-order valence-corrected chi connectivity index (χ3v) is 8.48. The van der Waals surface area contributed by atoms with E-state index in [0.717, 1.165) is 12.8 Å². The molecule has 1 aromatic rings. The lowest BCUT2D eigenvalue weighted by atomic mass is 10.0. The molecule has 0 aromatic heterocycles. The van der Waals surface area contributed by atoms with E-state index >= 15 is 0 Å². The second-order valence-corrected chi connectivity index (χ2v) is 12.4. The zero-order valence-corrected chi connectivity index (χ0v) is 26.9. The van der Waals surface area contributed by atoms with Crippen LogP contribution in [0.5, 0.6) is 11.5 Å². The number of carbonyl (C=O) groups is 1. The van der Waals surface area contributed by atoms with Crippen LogP contribution in [0.3, 0.4) is 0 Å². The molecule has 0 aliphatic carbocycles. The lowest BCUT2D eigenvalue weighted by Crippen LogP contribution is -2.01. The molecule has 0 fully saturated rings. The minimum absolute atomic E-state index is 0.113. The third-order valence-electron chi connectivity index (χ3n) is 8.48. The molecule has 0 atom stereocenters. The molecule has 4 heteroatoms. The molecule has 0 bridgehead atoms. The SMILES string of the molecule is CCCCCCCCCCCCCCCCCCCCCCCCCCCCCCOc1cccc(C(=O)O)c1O. The van der Waals surface area contributed by atoms with Gasteiger partial charge in [-0.3, -0.25) is 0 Å². The average molecular weight is 575 g/mol. The summed E-state index contributed by atoms with van der Waals surface area (Å²) < 4.78 is 5.57. The summed E-state index contributed by atoms with van der Waals surface area (Å²) >= 11 is 0. The number of carboxylic acids is 1. The van der Waals surface area contributed by atoms with Crippen molar-refractivity contribution in [1.82, 2.24) is 0 Å². The van der Waals surface area contributed by atoms with Gasteiger partial charge in [0.15, 0.2) is 11.5 Å². The van der Waals surface area contributed by atoms with E-state index in [2.05, 4.69) is 6.92 Å². The number of unbranched alkanes of at least 4 members (excludes halogenated alkanes) is 27. The first kappa shape index (κ1) is 37.3. The van der Waals surface area contributed by atoms with E-state index in [4.69, 9.17) is 9.84 Å². The predicted octanol–water partition coefficient (Wildman–Crippen LogP) is 12.4. The Morgan fingerprint density at radius 2 is 0.854 bits per heavy atom. The van der Waals surface area contributed by atoms with Crippen molar-refractivity contribution in [2.45, 2.75) is 187 Å². The van der Waals surface area contributed by atoms with Crippen LogP contribution in [0.15, 0.2) is 18.2 Å². The monoisotopic (exact) mass is 574 g/mol. The van der Waals surface area contributed by atoms with E-state index in [1.807, 2.05) is 0 Å². The Labute approximate surface area is 254 Å². The Balaban J connectivity index is 1.71. The molecule has 0 radical (unpaired) electrons. The Bertz CT molecular complexity index is 717. The fraction of sp³-hybridized carbons (Fsp3) is 0.811. The molecule has 238 valence electrons. The van der Waals surface area contributed by atoms with Gasteiger partial charge in [-0.05, 0) is 18.6 Å². The molecule has 0 saturated carbocycles. The lowest BCUT2D eigenvalue weighted by molar-refractivity contribution is 0.0692. The number of benzene rings is 1. The van der Waals surface area contributed by atoms with Crippen LogP contribution in [-0.2, 0) is 0 Å². The molecule has 0 unspecified atom stereocenters. The standard InChI is InChI=1S/C37H66O4/c1-2-3-4-5-6-7-8-9-10-11-12-13-14-15-16-17-18-19-20-21-22-23-24-25-26-27-28-29-33-41-35-32-30-31-34(36(35)38)37(39)40/h30-32,38H,2-29,33H2,1H3,(H,39,40). The van der Waals surface area contributed by atoms with E-state index in [9.17, 15) is 9.90 Å². The number of rotatable bonds is 31. The largest absolute Gasteiger partial charge is 0.504 e. The van der Waals surface area contributed by atoms with Crippen molar-refractivity contribution >= 4 is 5.97 Å². The Hall–Kier alpha value is -1.71. The maximum atomic E-state index is 11.1. The first-order chi connectivity index (χ1) is 20.2. The zero-order valence-electron chi connectivity index (χ0n) is 26.9. The van der Waals surface area contributed by atoms with E-state index in [0.29, 0.717) is 6.61 Å². The summed E-state index contributed by atoms with van der Waals surface area (Å²) in [4.78, 5) is 11.1. The van der Waals surface area contributed by atoms with Crippen molar-refractivity contribution < 1.29 is 19.7 Å². The number of hydrogen-bond donors (Lipinski definition) is 2. The molecule has 41 heavy (non-hydrogen) atoms. The molecule has 0 amide bonds. The van der Waals surface area contributed by atoms with E-state index < -0.39 is 5.97 Å². The molecular formula is C37H66O4. The lowest BCUT2D eigenvalue weighted by Gasteiger charge is -2.09. The normalized spacial score (nSPS) is 11.2. The van der Waals surface area contributed by atoms with Gasteiger partial charge in [0.25, 0.3) is 0 Å². The highest BCUT2D eigenvalue weighted by atomic mass is 16.5.